The summed E-state index contributed by atoms with van der Waals surface area (Å²) in [4.78, 5) is 14.7. The van der Waals surface area contributed by atoms with Crippen LogP contribution in [0.2, 0.25) is 0 Å². The van der Waals surface area contributed by atoms with E-state index in [1.165, 1.54) is 0 Å². The highest BCUT2D eigenvalue weighted by atomic mass is 16.5. The summed E-state index contributed by atoms with van der Waals surface area (Å²) in [5, 5.41) is 7.04. The van der Waals surface area contributed by atoms with Gasteiger partial charge in [-0.05, 0) is 31.2 Å². The van der Waals surface area contributed by atoms with Crippen molar-refractivity contribution in [2.75, 3.05) is 19.0 Å². The average Bonchev–Trinajstić information content (AvgIpc) is 3.05. The van der Waals surface area contributed by atoms with E-state index >= 15 is 0 Å². The molecule has 0 unspecified atom stereocenters. The largest absolute Gasteiger partial charge is 0.497 e. The maximum absolute atomic E-state index is 11.7. The number of aromatic nitrogens is 1. The number of carbonyl (C=O) groups excluding carboxylic acids is 1. The van der Waals surface area contributed by atoms with Crippen molar-refractivity contribution in [2.24, 2.45) is 5.10 Å². The third-order valence-electron chi connectivity index (χ3n) is 2.86. The zero-order valence-electron chi connectivity index (χ0n) is 12.0. The van der Waals surface area contributed by atoms with Crippen LogP contribution >= 0.6 is 0 Å². The van der Waals surface area contributed by atoms with E-state index in [1.54, 1.807) is 13.3 Å². The standard InChI is InChI=1S/C15H18N4O2/c1-11(14-7-4-8-16-14)18-19-15(20)10-17-12-5-3-6-13(9-12)21-2/h3-9,16-17H,10H2,1-2H3,(H,19,20)/b18-11+. The van der Waals surface area contributed by atoms with Crippen molar-refractivity contribution in [1.29, 1.82) is 0 Å². The van der Waals surface area contributed by atoms with Crippen LogP contribution in [0.4, 0.5) is 5.69 Å². The van der Waals surface area contributed by atoms with Crippen molar-refractivity contribution in [3.63, 3.8) is 0 Å². The Hall–Kier alpha value is -2.76. The molecule has 0 fully saturated rings. The van der Waals surface area contributed by atoms with Gasteiger partial charge in [0.1, 0.15) is 5.75 Å². The third kappa shape index (κ3) is 4.38. The first-order valence-electron chi connectivity index (χ1n) is 6.54. The third-order valence-corrected chi connectivity index (χ3v) is 2.86. The van der Waals surface area contributed by atoms with Gasteiger partial charge >= 0.3 is 0 Å². The van der Waals surface area contributed by atoms with E-state index in [4.69, 9.17) is 4.74 Å². The lowest BCUT2D eigenvalue weighted by molar-refractivity contribution is -0.119. The Morgan fingerprint density at radius 1 is 1.33 bits per heavy atom. The summed E-state index contributed by atoms with van der Waals surface area (Å²) < 4.78 is 5.12. The van der Waals surface area contributed by atoms with E-state index < -0.39 is 0 Å². The number of rotatable bonds is 6. The summed E-state index contributed by atoms with van der Waals surface area (Å²) in [5.74, 6) is 0.518. The van der Waals surface area contributed by atoms with E-state index in [9.17, 15) is 4.79 Å². The molecule has 2 rings (SSSR count). The molecule has 110 valence electrons. The van der Waals surface area contributed by atoms with Crippen LogP contribution in [-0.4, -0.2) is 30.3 Å². The number of hydrogen-bond acceptors (Lipinski definition) is 4. The van der Waals surface area contributed by atoms with Gasteiger partial charge in [-0.3, -0.25) is 4.79 Å². The highest BCUT2D eigenvalue weighted by Crippen LogP contribution is 2.16. The lowest BCUT2D eigenvalue weighted by Gasteiger charge is -2.07. The highest BCUT2D eigenvalue weighted by molar-refractivity contribution is 5.97. The first kappa shape index (κ1) is 14.6. The molecule has 6 nitrogen and oxygen atoms in total. The first-order chi connectivity index (χ1) is 10.2. The molecule has 21 heavy (non-hydrogen) atoms. The molecule has 0 spiro atoms. The zero-order valence-corrected chi connectivity index (χ0v) is 12.0. The van der Waals surface area contributed by atoms with Gasteiger partial charge in [0.25, 0.3) is 5.91 Å². The number of hydrogen-bond donors (Lipinski definition) is 3. The maximum atomic E-state index is 11.7. The molecule has 0 aliphatic heterocycles. The molecule has 6 heteroatoms. The molecule has 2 aromatic rings. The van der Waals surface area contributed by atoms with Crippen LogP contribution in [-0.2, 0) is 4.79 Å². The number of amides is 1. The Balaban J connectivity index is 1.83. The minimum Gasteiger partial charge on any atom is -0.497 e. The molecule has 1 aromatic heterocycles. The van der Waals surface area contributed by atoms with Crippen LogP contribution in [0.15, 0.2) is 47.7 Å². The van der Waals surface area contributed by atoms with E-state index in [2.05, 4.69) is 20.8 Å². The highest BCUT2D eigenvalue weighted by Gasteiger charge is 2.02. The first-order valence-corrected chi connectivity index (χ1v) is 6.54. The molecular weight excluding hydrogens is 268 g/mol. The maximum Gasteiger partial charge on any atom is 0.259 e. The summed E-state index contributed by atoms with van der Waals surface area (Å²) in [5.41, 5.74) is 4.91. The lowest BCUT2D eigenvalue weighted by Crippen LogP contribution is -2.26. The van der Waals surface area contributed by atoms with Gasteiger partial charge in [0.15, 0.2) is 0 Å². The molecule has 1 amide bonds. The van der Waals surface area contributed by atoms with Gasteiger partial charge < -0.3 is 15.0 Å². The van der Waals surface area contributed by atoms with E-state index in [0.717, 1.165) is 22.8 Å². The van der Waals surface area contributed by atoms with Crippen molar-refractivity contribution in [1.82, 2.24) is 10.4 Å². The monoisotopic (exact) mass is 286 g/mol. The van der Waals surface area contributed by atoms with E-state index in [-0.39, 0.29) is 12.5 Å². The fourth-order valence-electron chi connectivity index (χ4n) is 1.72. The molecule has 1 aromatic carbocycles. The number of nitrogens with zero attached hydrogens (tertiary/aromatic N) is 1. The molecular formula is C15H18N4O2. The number of benzene rings is 1. The van der Waals surface area contributed by atoms with Crippen molar-refractivity contribution < 1.29 is 9.53 Å². The van der Waals surface area contributed by atoms with Crippen LogP contribution in [0.5, 0.6) is 5.75 Å². The van der Waals surface area contributed by atoms with E-state index in [0.29, 0.717) is 0 Å². The number of aromatic amines is 1. The van der Waals surface area contributed by atoms with Gasteiger partial charge in [0, 0.05) is 18.0 Å². The van der Waals surface area contributed by atoms with Gasteiger partial charge in [-0.2, -0.15) is 5.10 Å². The van der Waals surface area contributed by atoms with Crippen LogP contribution in [0, 0.1) is 0 Å². The number of nitrogens with one attached hydrogen (secondary N) is 3. The van der Waals surface area contributed by atoms with Crippen molar-refractivity contribution in [3.05, 3.63) is 48.3 Å². The second-order valence-corrected chi connectivity index (χ2v) is 4.40. The average molecular weight is 286 g/mol. The summed E-state index contributed by atoms with van der Waals surface area (Å²) >= 11 is 0. The van der Waals surface area contributed by atoms with Crippen LogP contribution in [0.3, 0.4) is 0 Å². The smallest absolute Gasteiger partial charge is 0.259 e. The number of H-pyrrole nitrogens is 1. The zero-order chi connectivity index (χ0) is 15.1. The molecule has 3 N–H and O–H groups in total. The van der Waals surface area contributed by atoms with Crippen LogP contribution in [0.1, 0.15) is 12.6 Å². The van der Waals surface area contributed by atoms with Gasteiger partial charge in [-0.15, -0.1) is 0 Å². The molecule has 0 saturated heterocycles. The quantitative estimate of drug-likeness (QED) is 0.561. The lowest BCUT2D eigenvalue weighted by atomic mass is 10.3. The number of hydrazone groups is 1. The van der Waals surface area contributed by atoms with Gasteiger partial charge in [0.05, 0.1) is 25.1 Å². The Labute approximate surface area is 123 Å². The minimum absolute atomic E-state index is 0.134. The van der Waals surface area contributed by atoms with Gasteiger partial charge in [0.2, 0.25) is 0 Å². The SMILES string of the molecule is COc1cccc(NCC(=O)N/N=C(\C)c2ccc[nH]2)c1. The molecule has 0 radical (unpaired) electrons. The van der Waals surface area contributed by atoms with Crippen LogP contribution in [0.25, 0.3) is 0 Å². The molecule has 0 aliphatic carbocycles. The predicted molar refractivity (Wildman–Crippen MR) is 82.6 cm³/mol. The molecule has 0 bridgehead atoms. The molecule has 1 heterocycles. The van der Waals surface area contributed by atoms with Crippen molar-refractivity contribution >= 4 is 17.3 Å². The number of ether oxygens (including phenoxy) is 1. The molecule has 0 aliphatic rings. The topological polar surface area (TPSA) is 78.5 Å². The second-order valence-electron chi connectivity index (χ2n) is 4.40. The Kier molecular flexibility index (Phi) is 4.98. The minimum atomic E-state index is -0.219. The Morgan fingerprint density at radius 3 is 2.90 bits per heavy atom. The summed E-state index contributed by atoms with van der Waals surface area (Å²) in [6, 6.07) is 11.1. The molecule has 0 atom stereocenters. The van der Waals surface area contributed by atoms with Crippen molar-refractivity contribution in [2.45, 2.75) is 6.92 Å². The fourth-order valence-corrected chi connectivity index (χ4v) is 1.72. The Bertz CT molecular complexity index is 620. The molecule has 0 saturated carbocycles. The van der Waals surface area contributed by atoms with Crippen LogP contribution < -0.4 is 15.5 Å². The fraction of sp³-hybridized carbons (Fsp3) is 0.200. The van der Waals surface area contributed by atoms with E-state index in [1.807, 2.05) is 43.3 Å². The summed E-state index contributed by atoms with van der Waals surface area (Å²) in [7, 11) is 1.60. The van der Waals surface area contributed by atoms with Gasteiger partial charge in [-0.25, -0.2) is 5.43 Å². The number of carbonyl (C=O) groups is 1. The van der Waals surface area contributed by atoms with Crippen molar-refractivity contribution in [3.8, 4) is 5.75 Å². The number of methoxy groups -OCH3 is 1. The predicted octanol–water partition coefficient (Wildman–Crippen LogP) is 1.98. The normalized spacial score (nSPS) is 11.0. The summed E-state index contributed by atoms with van der Waals surface area (Å²) in [6.45, 7) is 1.95. The van der Waals surface area contributed by atoms with Gasteiger partial charge in [-0.1, -0.05) is 6.07 Å². The summed E-state index contributed by atoms with van der Waals surface area (Å²) in [6.07, 6.45) is 1.81. The number of anilines is 1. The second kappa shape index (κ2) is 7.14. The Morgan fingerprint density at radius 2 is 2.19 bits per heavy atom.